The minimum atomic E-state index is 0. The molecule has 1 aromatic rings. The summed E-state index contributed by atoms with van der Waals surface area (Å²) in [7, 11) is 0. The highest BCUT2D eigenvalue weighted by atomic mass is 127. The van der Waals surface area contributed by atoms with Crippen LogP contribution in [0.5, 0.6) is 0 Å². The Hall–Kier alpha value is -0.480. The second-order valence-corrected chi connectivity index (χ2v) is 8.85. The van der Waals surface area contributed by atoms with Crippen molar-refractivity contribution in [3.63, 3.8) is 0 Å². The van der Waals surface area contributed by atoms with Gasteiger partial charge in [0.2, 0.25) is 0 Å². The first-order chi connectivity index (χ1) is 13.3. The van der Waals surface area contributed by atoms with Crippen LogP contribution in [0.4, 0.5) is 0 Å². The Labute approximate surface area is 191 Å². The van der Waals surface area contributed by atoms with E-state index in [2.05, 4.69) is 39.3 Å². The predicted octanol–water partition coefficient (Wildman–Crippen LogP) is 3.20. The molecule has 2 fully saturated rings. The molecule has 0 unspecified atom stereocenters. The highest BCUT2D eigenvalue weighted by Gasteiger charge is 2.38. The highest BCUT2D eigenvalue weighted by Crippen LogP contribution is 2.35. The van der Waals surface area contributed by atoms with Crippen molar-refractivity contribution in [3.05, 3.63) is 18.5 Å². The lowest BCUT2D eigenvalue weighted by Gasteiger charge is -2.47. The van der Waals surface area contributed by atoms with Gasteiger partial charge in [-0.2, -0.15) is 16.9 Å². The van der Waals surface area contributed by atoms with E-state index in [-0.39, 0.29) is 29.5 Å². The number of hydrogen-bond acceptors (Lipinski definition) is 4. The summed E-state index contributed by atoms with van der Waals surface area (Å²) in [6.45, 7) is 8.28. The molecule has 6 nitrogen and oxygen atoms in total. The zero-order valence-corrected chi connectivity index (χ0v) is 20.4. The van der Waals surface area contributed by atoms with E-state index >= 15 is 0 Å². The van der Waals surface area contributed by atoms with Crippen LogP contribution < -0.4 is 10.6 Å². The Morgan fingerprint density at radius 3 is 2.64 bits per heavy atom. The number of thioether (sulfide) groups is 1. The molecule has 1 aliphatic heterocycles. The van der Waals surface area contributed by atoms with Gasteiger partial charge in [0.25, 0.3) is 0 Å². The molecule has 2 heterocycles. The molecule has 160 valence electrons. The van der Waals surface area contributed by atoms with Gasteiger partial charge in [-0.3, -0.25) is 14.6 Å². The van der Waals surface area contributed by atoms with Crippen LogP contribution in [0.1, 0.15) is 45.4 Å². The van der Waals surface area contributed by atoms with Crippen LogP contribution in [-0.4, -0.2) is 70.4 Å². The second kappa shape index (κ2) is 13.0. The molecule has 0 spiro atoms. The summed E-state index contributed by atoms with van der Waals surface area (Å²) >= 11 is 2.10. The maximum absolute atomic E-state index is 5.04. The van der Waals surface area contributed by atoms with E-state index in [9.17, 15) is 0 Å². The number of hydrogen-bond donors (Lipinski definition) is 2. The Balaban J connectivity index is 0.00000280. The third-order valence-corrected chi connectivity index (χ3v) is 6.70. The lowest BCUT2D eigenvalue weighted by molar-refractivity contribution is 0.0672. The molecular weight excluding hydrogens is 483 g/mol. The summed E-state index contributed by atoms with van der Waals surface area (Å²) < 4.78 is 1.98. The summed E-state index contributed by atoms with van der Waals surface area (Å²) in [5.74, 6) is 3.52. The molecule has 1 saturated heterocycles. The minimum absolute atomic E-state index is 0. The van der Waals surface area contributed by atoms with Gasteiger partial charge in [0.05, 0.1) is 6.54 Å². The number of guanidine groups is 1. The third kappa shape index (κ3) is 7.09. The first kappa shape index (κ1) is 23.8. The van der Waals surface area contributed by atoms with Crippen LogP contribution in [0.25, 0.3) is 0 Å². The van der Waals surface area contributed by atoms with Gasteiger partial charge >= 0.3 is 0 Å². The van der Waals surface area contributed by atoms with Crippen molar-refractivity contribution >= 4 is 41.7 Å². The molecule has 1 saturated carbocycles. The van der Waals surface area contributed by atoms with Gasteiger partial charge in [-0.1, -0.05) is 19.3 Å². The van der Waals surface area contributed by atoms with Gasteiger partial charge in [0.15, 0.2) is 5.96 Å². The van der Waals surface area contributed by atoms with Gasteiger partial charge in [-0.25, -0.2) is 0 Å². The maximum atomic E-state index is 5.04. The monoisotopic (exact) mass is 520 g/mol. The second-order valence-electron chi connectivity index (χ2n) is 7.63. The molecule has 0 amide bonds. The van der Waals surface area contributed by atoms with Crippen molar-refractivity contribution in [3.8, 4) is 0 Å². The molecule has 3 rings (SSSR count). The van der Waals surface area contributed by atoms with E-state index in [0.29, 0.717) is 0 Å². The lowest BCUT2D eigenvalue weighted by Crippen LogP contribution is -2.55. The molecule has 0 aromatic carbocycles. The van der Waals surface area contributed by atoms with E-state index in [4.69, 9.17) is 4.99 Å². The van der Waals surface area contributed by atoms with Gasteiger partial charge in [0.1, 0.15) is 0 Å². The Bertz CT molecular complexity index is 553. The zero-order chi connectivity index (χ0) is 18.8. The Kier molecular flexibility index (Phi) is 11.0. The number of aliphatic imine (C=N–C) groups is 1. The molecule has 8 heteroatoms. The van der Waals surface area contributed by atoms with Gasteiger partial charge in [-0.15, -0.1) is 24.0 Å². The summed E-state index contributed by atoms with van der Waals surface area (Å²) in [6, 6.07) is 1.97. The number of nitrogens with one attached hydrogen (secondary N) is 2. The molecule has 0 atom stereocenters. The van der Waals surface area contributed by atoms with Gasteiger partial charge in [-0.05, 0) is 32.3 Å². The van der Waals surface area contributed by atoms with Crippen LogP contribution >= 0.6 is 35.7 Å². The summed E-state index contributed by atoms with van der Waals surface area (Å²) in [5, 5.41) is 11.2. The molecule has 1 aromatic heterocycles. The number of aryl methyl sites for hydroxylation is 1. The van der Waals surface area contributed by atoms with Gasteiger partial charge < -0.3 is 10.6 Å². The average molecular weight is 521 g/mol. The van der Waals surface area contributed by atoms with Crippen molar-refractivity contribution in [2.24, 2.45) is 4.99 Å². The van der Waals surface area contributed by atoms with E-state index in [1.54, 1.807) is 0 Å². The third-order valence-electron chi connectivity index (χ3n) is 5.76. The SMILES string of the molecule is CCNC(=NCC1(N2CCSCC2)CCCCC1)NCCCn1cccn1.I. The van der Waals surface area contributed by atoms with Crippen molar-refractivity contribution in [2.45, 2.75) is 57.5 Å². The van der Waals surface area contributed by atoms with Crippen molar-refractivity contribution < 1.29 is 0 Å². The Morgan fingerprint density at radius 2 is 1.96 bits per heavy atom. The van der Waals surface area contributed by atoms with Crippen LogP contribution in [0.2, 0.25) is 0 Å². The van der Waals surface area contributed by atoms with Crippen LogP contribution in [-0.2, 0) is 6.54 Å². The largest absolute Gasteiger partial charge is 0.357 e. The number of nitrogens with zero attached hydrogens (tertiary/aromatic N) is 4. The minimum Gasteiger partial charge on any atom is -0.357 e. The topological polar surface area (TPSA) is 57.5 Å². The van der Waals surface area contributed by atoms with Crippen molar-refractivity contribution in [1.29, 1.82) is 0 Å². The van der Waals surface area contributed by atoms with Crippen LogP contribution in [0.15, 0.2) is 23.5 Å². The highest BCUT2D eigenvalue weighted by molar-refractivity contribution is 14.0. The number of halogens is 1. The molecule has 0 bridgehead atoms. The lowest BCUT2D eigenvalue weighted by atomic mass is 9.80. The molecule has 2 N–H and O–H groups in total. The smallest absolute Gasteiger partial charge is 0.191 e. The zero-order valence-electron chi connectivity index (χ0n) is 17.2. The maximum Gasteiger partial charge on any atom is 0.191 e. The van der Waals surface area contributed by atoms with Crippen molar-refractivity contribution in [1.82, 2.24) is 25.3 Å². The Morgan fingerprint density at radius 1 is 1.18 bits per heavy atom. The molecule has 28 heavy (non-hydrogen) atoms. The summed E-state index contributed by atoms with van der Waals surface area (Å²) in [6.07, 6.45) is 11.6. The normalized spacial score (nSPS) is 20.4. The van der Waals surface area contributed by atoms with Gasteiger partial charge in [0, 0.05) is 62.2 Å². The van der Waals surface area contributed by atoms with E-state index in [0.717, 1.165) is 38.6 Å². The van der Waals surface area contributed by atoms with Crippen LogP contribution in [0, 0.1) is 0 Å². The predicted molar refractivity (Wildman–Crippen MR) is 131 cm³/mol. The standard InChI is InChI=1S/C20H36N6S.HI/c1-2-21-19(22-10-6-12-26-13-7-11-24-26)23-18-20(8-4-3-5-9-20)25-14-16-27-17-15-25;/h7,11,13H,2-6,8-10,12,14-18H2,1H3,(H2,21,22,23);1H. The number of aromatic nitrogens is 2. The molecule has 2 aliphatic rings. The summed E-state index contributed by atoms with van der Waals surface area (Å²) in [5.41, 5.74) is 0.288. The van der Waals surface area contributed by atoms with E-state index in [1.807, 2.05) is 23.1 Å². The van der Waals surface area contributed by atoms with Crippen LogP contribution in [0.3, 0.4) is 0 Å². The van der Waals surface area contributed by atoms with E-state index < -0.39 is 0 Å². The fourth-order valence-electron chi connectivity index (χ4n) is 4.27. The first-order valence-corrected chi connectivity index (χ1v) is 11.8. The average Bonchev–Trinajstić information content (AvgIpc) is 3.24. The fraction of sp³-hybridized carbons (Fsp3) is 0.800. The van der Waals surface area contributed by atoms with Crippen molar-refractivity contribution in [2.75, 3.05) is 44.2 Å². The molecule has 0 radical (unpaired) electrons. The quantitative estimate of drug-likeness (QED) is 0.239. The molecule has 1 aliphatic carbocycles. The summed E-state index contributed by atoms with van der Waals surface area (Å²) in [4.78, 5) is 7.80. The number of rotatable bonds is 8. The molecular formula is C20H37IN6S. The van der Waals surface area contributed by atoms with E-state index in [1.165, 1.54) is 56.7 Å². The fourth-order valence-corrected chi connectivity index (χ4v) is 5.17. The first-order valence-electron chi connectivity index (χ1n) is 10.6.